The van der Waals surface area contributed by atoms with Crippen LogP contribution < -0.4 is 10.6 Å². The molecule has 132 valence electrons. The van der Waals surface area contributed by atoms with Crippen molar-refractivity contribution in [3.8, 4) is 0 Å². The second-order valence-corrected chi connectivity index (χ2v) is 4.70. The van der Waals surface area contributed by atoms with Gasteiger partial charge in [0.1, 0.15) is 6.04 Å². The van der Waals surface area contributed by atoms with E-state index in [1.165, 1.54) is 0 Å². The third kappa shape index (κ3) is 5.18. The number of anilines is 2. The van der Waals surface area contributed by atoms with Crippen molar-refractivity contribution in [1.82, 2.24) is 4.98 Å². The minimum absolute atomic E-state index is 0.0685. The molecule has 1 amide bonds. The van der Waals surface area contributed by atoms with E-state index in [9.17, 15) is 18.8 Å². The summed E-state index contributed by atoms with van der Waals surface area (Å²) in [4.78, 5) is 39.6. The van der Waals surface area contributed by atoms with Crippen LogP contribution in [0.5, 0.6) is 0 Å². The topological polar surface area (TPSA) is 112 Å². The van der Waals surface area contributed by atoms with Crippen molar-refractivity contribution in [2.75, 3.05) is 23.8 Å². The molecule has 0 aromatic carbocycles. The van der Waals surface area contributed by atoms with E-state index in [2.05, 4.69) is 4.98 Å². The zero-order valence-corrected chi connectivity index (χ0v) is 13.5. The molecule has 1 rings (SSSR count). The van der Waals surface area contributed by atoms with Crippen molar-refractivity contribution in [1.29, 1.82) is 0 Å². The van der Waals surface area contributed by atoms with Crippen LogP contribution in [-0.4, -0.2) is 42.6 Å². The molecular weight excluding hydrogens is 321 g/mol. The summed E-state index contributed by atoms with van der Waals surface area (Å²) in [6.45, 7) is 3.49. The van der Waals surface area contributed by atoms with Crippen molar-refractivity contribution in [3.63, 3.8) is 0 Å². The maximum Gasteiger partial charge on any atom is 0.329 e. The summed E-state index contributed by atoms with van der Waals surface area (Å²) >= 11 is 0. The van der Waals surface area contributed by atoms with Gasteiger partial charge in [-0.1, -0.05) is 0 Å². The lowest BCUT2D eigenvalue weighted by atomic mass is 10.1. The molecule has 0 unspecified atom stereocenters. The standard InChI is InChI=1S/C15H20FN3O5/c1-3-23-13(21)6-5-12(15(22)24-4-2)19(9-20)14-11(16)7-10(17)8-18-14/h7-9,12H,3-6,17H2,1-2H3/t12-/m0/s1. The van der Waals surface area contributed by atoms with Gasteiger partial charge in [-0.05, 0) is 20.3 Å². The molecule has 8 nitrogen and oxygen atoms in total. The molecular formula is C15H20FN3O5. The van der Waals surface area contributed by atoms with Gasteiger partial charge in [-0.15, -0.1) is 0 Å². The van der Waals surface area contributed by atoms with Crippen LogP contribution >= 0.6 is 0 Å². The number of rotatable bonds is 9. The SMILES string of the molecule is CCOC(=O)CC[C@@H](C(=O)OCC)N(C=O)c1ncc(N)cc1F. The van der Waals surface area contributed by atoms with Crippen molar-refractivity contribution in [3.05, 3.63) is 18.1 Å². The summed E-state index contributed by atoms with van der Waals surface area (Å²) in [6.07, 6.45) is 1.18. The average Bonchev–Trinajstić information content (AvgIpc) is 2.53. The lowest BCUT2D eigenvalue weighted by Gasteiger charge is -2.25. The Labute approximate surface area is 138 Å². The molecule has 0 saturated heterocycles. The van der Waals surface area contributed by atoms with Crippen LogP contribution in [0.3, 0.4) is 0 Å². The predicted octanol–water partition coefficient (Wildman–Crippen LogP) is 1.04. The molecule has 1 heterocycles. The molecule has 2 N–H and O–H groups in total. The Kier molecular flexibility index (Phi) is 7.60. The highest BCUT2D eigenvalue weighted by atomic mass is 19.1. The summed E-state index contributed by atoms with van der Waals surface area (Å²) < 4.78 is 23.7. The molecule has 0 spiro atoms. The van der Waals surface area contributed by atoms with Gasteiger partial charge < -0.3 is 15.2 Å². The van der Waals surface area contributed by atoms with E-state index in [0.717, 1.165) is 17.2 Å². The lowest BCUT2D eigenvalue weighted by Crippen LogP contribution is -2.43. The molecule has 24 heavy (non-hydrogen) atoms. The molecule has 0 fully saturated rings. The molecule has 1 aromatic heterocycles. The number of nitrogen functional groups attached to an aromatic ring is 1. The molecule has 0 aliphatic carbocycles. The number of carbonyl (C=O) groups excluding carboxylic acids is 3. The smallest absolute Gasteiger partial charge is 0.329 e. The van der Waals surface area contributed by atoms with Crippen molar-refractivity contribution in [2.24, 2.45) is 0 Å². The summed E-state index contributed by atoms with van der Waals surface area (Å²) in [5.41, 5.74) is 5.49. The highest BCUT2D eigenvalue weighted by Crippen LogP contribution is 2.22. The molecule has 0 aliphatic heterocycles. The largest absolute Gasteiger partial charge is 0.466 e. The average molecular weight is 341 g/mol. The fourth-order valence-corrected chi connectivity index (χ4v) is 2.00. The fourth-order valence-electron chi connectivity index (χ4n) is 2.00. The van der Waals surface area contributed by atoms with Crippen LogP contribution in [0.15, 0.2) is 12.3 Å². The summed E-state index contributed by atoms with van der Waals surface area (Å²) in [5.74, 6) is -2.55. The van der Waals surface area contributed by atoms with Gasteiger partial charge in [0.25, 0.3) is 0 Å². The third-order valence-corrected chi connectivity index (χ3v) is 3.02. The summed E-state index contributed by atoms with van der Waals surface area (Å²) in [7, 11) is 0. The Balaban J connectivity index is 3.06. The quantitative estimate of drug-likeness (QED) is 0.527. The zero-order chi connectivity index (χ0) is 18.1. The van der Waals surface area contributed by atoms with E-state index in [4.69, 9.17) is 15.2 Å². The van der Waals surface area contributed by atoms with Gasteiger partial charge in [0.15, 0.2) is 11.6 Å². The number of ether oxygens (including phenoxy) is 2. The molecule has 0 bridgehead atoms. The van der Waals surface area contributed by atoms with Gasteiger partial charge in [0, 0.05) is 12.5 Å². The van der Waals surface area contributed by atoms with E-state index < -0.39 is 23.8 Å². The van der Waals surface area contributed by atoms with Crippen LogP contribution in [0, 0.1) is 5.82 Å². The van der Waals surface area contributed by atoms with Crippen molar-refractivity contribution < 1.29 is 28.2 Å². The Morgan fingerprint density at radius 3 is 2.58 bits per heavy atom. The first kappa shape index (κ1) is 19.3. The van der Waals surface area contributed by atoms with E-state index >= 15 is 0 Å². The Hall–Kier alpha value is -2.71. The minimum atomic E-state index is -1.21. The number of carbonyl (C=O) groups is 3. The summed E-state index contributed by atoms with van der Waals surface area (Å²) in [5, 5.41) is 0. The predicted molar refractivity (Wildman–Crippen MR) is 83.4 cm³/mol. The highest BCUT2D eigenvalue weighted by molar-refractivity contribution is 5.88. The maximum absolute atomic E-state index is 14.0. The summed E-state index contributed by atoms with van der Waals surface area (Å²) in [6, 6.07) is -0.232. The van der Waals surface area contributed by atoms with Crippen LogP contribution in [0.4, 0.5) is 15.9 Å². The molecule has 0 saturated carbocycles. The number of nitrogens with two attached hydrogens (primary N) is 1. The number of halogens is 1. The Morgan fingerprint density at radius 2 is 2.04 bits per heavy atom. The van der Waals surface area contributed by atoms with Crippen LogP contribution in [-0.2, 0) is 23.9 Å². The van der Waals surface area contributed by atoms with Gasteiger partial charge in [0.05, 0.1) is 25.1 Å². The van der Waals surface area contributed by atoms with Crippen molar-refractivity contribution >= 4 is 29.9 Å². The van der Waals surface area contributed by atoms with E-state index in [1.54, 1.807) is 13.8 Å². The van der Waals surface area contributed by atoms with Gasteiger partial charge in [-0.25, -0.2) is 14.2 Å². The van der Waals surface area contributed by atoms with Crippen LogP contribution in [0.1, 0.15) is 26.7 Å². The molecule has 1 atom stereocenters. The highest BCUT2D eigenvalue weighted by Gasteiger charge is 2.30. The van der Waals surface area contributed by atoms with Gasteiger partial charge in [-0.3, -0.25) is 14.5 Å². The number of hydrogen-bond donors (Lipinski definition) is 1. The van der Waals surface area contributed by atoms with Gasteiger partial charge in [-0.2, -0.15) is 0 Å². The van der Waals surface area contributed by atoms with Gasteiger partial charge >= 0.3 is 11.9 Å². The number of nitrogens with zero attached hydrogens (tertiary/aromatic N) is 2. The second-order valence-electron chi connectivity index (χ2n) is 4.70. The van der Waals surface area contributed by atoms with Crippen LogP contribution in [0.2, 0.25) is 0 Å². The first-order chi connectivity index (χ1) is 11.4. The molecule has 0 radical (unpaired) electrons. The normalized spacial score (nSPS) is 11.5. The molecule has 0 aliphatic rings. The molecule has 1 aromatic rings. The Bertz CT molecular complexity index is 596. The van der Waals surface area contributed by atoms with E-state index in [0.29, 0.717) is 0 Å². The maximum atomic E-state index is 14.0. The van der Waals surface area contributed by atoms with Crippen molar-refractivity contribution in [2.45, 2.75) is 32.7 Å². The van der Waals surface area contributed by atoms with E-state index in [1.807, 2.05) is 0 Å². The zero-order valence-electron chi connectivity index (χ0n) is 13.5. The first-order valence-corrected chi connectivity index (χ1v) is 7.41. The minimum Gasteiger partial charge on any atom is -0.466 e. The number of aromatic nitrogens is 1. The Morgan fingerprint density at radius 1 is 1.38 bits per heavy atom. The number of pyridine rings is 1. The van der Waals surface area contributed by atoms with Crippen LogP contribution in [0.25, 0.3) is 0 Å². The monoisotopic (exact) mass is 341 g/mol. The first-order valence-electron chi connectivity index (χ1n) is 7.41. The fraction of sp³-hybridized carbons (Fsp3) is 0.467. The van der Waals surface area contributed by atoms with Gasteiger partial charge in [0.2, 0.25) is 6.41 Å². The molecule has 9 heteroatoms. The second kappa shape index (κ2) is 9.43. The third-order valence-electron chi connectivity index (χ3n) is 3.02. The number of hydrogen-bond acceptors (Lipinski definition) is 7. The lowest BCUT2D eigenvalue weighted by molar-refractivity contribution is -0.146. The number of esters is 2. The van der Waals surface area contributed by atoms with E-state index in [-0.39, 0.29) is 44.0 Å². The number of amides is 1.